The lowest BCUT2D eigenvalue weighted by Gasteiger charge is -2.26. The minimum Gasteiger partial charge on any atom is -0.379 e. The van der Waals surface area contributed by atoms with Crippen LogP contribution < -0.4 is 5.32 Å². The van der Waals surface area contributed by atoms with Crippen molar-refractivity contribution in [3.63, 3.8) is 0 Å². The second-order valence-corrected chi connectivity index (χ2v) is 5.87. The molecular formula is C17H29NO. The predicted molar refractivity (Wildman–Crippen MR) is 82.5 cm³/mol. The van der Waals surface area contributed by atoms with Crippen LogP contribution in [0.15, 0.2) is 30.3 Å². The van der Waals surface area contributed by atoms with Gasteiger partial charge in [0.2, 0.25) is 0 Å². The quantitative estimate of drug-likeness (QED) is 0.734. The van der Waals surface area contributed by atoms with E-state index in [1.165, 1.54) is 12.0 Å². The third-order valence-electron chi connectivity index (χ3n) is 3.76. The van der Waals surface area contributed by atoms with Crippen molar-refractivity contribution in [2.24, 2.45) is 5.92 Å². The Bertz CT molecular complexity index is 334. The zero-order chi connectivity index (χ0) is 14.1. The molecule has 2 nitrogen and oxygen atoms in total. The second-order valence-electron chi connectivity index (χ2n) is 5.87. The fourth-order valence-corrected chi connectivity index (χ4v) is 2.23. The van der Waals surface area contributed by atoms with E-state index in [1.54, 1.807) is 7.11 Å². The van der Waals surface area contributed by atoms with Gasteiger partial charge in [0.15, 0.2) is 0 Å². The van der Waals surface area contributed by atoms with Gasteiger partial charge in [-0.1, -0.05) is 37.3 Å². The van der Waals surface area contributed by atoms with Crippen LogP contribution in [0.4, 0.5) is 0 Å². The first-order chi connectivity index (χ1) is 9.07. The van der Waals surface area contributed by atoms with Gasteiger partial charge in [-0.3, -0.25) is 0 Å². The number of nitrogens with one attached hydrogen (secondary N) is 1. The molecule has 1 atom stereocenters. The van der Waals surface area contributed by atoms with Crippen LogP contribution in [0.3, 0.4) is 0 Å². The molecule has 0 aromatic heterocycles. The first kappa shape index (κ1) is 16.2. The largest absolute Gasteiger partial charge is 0.379 e. The van der Waals surface area contributed by atoms with Crippen molar-refractivity contribution in [1.82, 2.24) is 5.32 Å². The molecule has 0 saturated heterocycles. The maximum Gasteiger partial charge on any atom is 0.0622 e. The van der Waals surface area contributed by atoms with Gasteiger partial charge in [0.1, 0.15) is 0 Å². The molecule has 2 heteroatoms. The van der Waals surface area contributed by atoms with Gasteiger partial charge in [-0.05, 0) is 57.7 Å². The number of ether oxygens (including phenoxy) is 1. The molecule has 0 amide bonds. The van der Waals surface area contributed by atoms with E-state index in [-0.39, 0.29) is 5.60 Å². The smallest absolute Gasteiger partial charge is 0.0622 e. The van der Waals surface area contributed by atoms with Crippen molar-refractivity contribution >= 4 is 0 Å². The molecule has 0 radical (unpaired) electrons. The van der Waals surface area contributed by atoms with E-state index in [2.05, 4.69) is 56.4 Å². The molecule has 1 aromatic rings. The molecule has 108 valence electrons. The van der Waals surface area contributed by atoms with E-state index in [4.69, 9.17) is 4.74 Å². The van der Waals surface area contributed by atoms with E-state index in [0.29, 0.717) is 5.92 Å². The Labute approximate surface area is 118 Å². The number of rotatable bonds is 9. The summed E-state index contributed by atoms with van der Waals surface area (Å²) in [5, 5.41) is 3.48. The third kappa shape index (κ3) is 6.74. The summed E-state index contributed by atoms with van der Waals surface area (Å²) >= 11 is 0. The zero-order valence-corrected chi connectivity index (χ0v) is 12.9. The lowest BCUT2D eigenvalue weighted by atomic mass is 9.90. The Morgan fingerprint density at radius 2 is 1.89 bits per heavy atom. The molecule has 1 aromatic carbocycles. The highest BCUT2D eigenvalue weighted by Crippen LogP contribution is 2.21. The van der Waals surface area contributed by atoms with Crippen molar-refractivity contribution < 1.29 is 4.74 Å². The molecule has 0 heterocycles. The van der Waals surface area contributed by atoms with Gasteiger partial charge in [-0.25, -0.2) is 0 Å². The monoisotopic (exact) mass is 263 g/mol. The highest BCUT2D eigenvalue weighted by Gasteiger charge is 2.19. The summed E-state index contributed by atoms with van der Waals surface area (Å²) in [4.78, 5) is 0. The molecule has 0 aliphatic rings. The van der Waals surface area contributed by atoms with E-state index in [0.717, 1.165) is 25.9 Å². The van der Waals surface area contributed by atoms with Crippen molar-refractivity contribution in [2.75, 3.05) is 20.2 Å². The molecule has 0 saturated carbocycles. The van der Waals surface area contributed by atoms with Crippen molar-refractivity contribution in [1.29, 1.82) is 0 Å². The Morgan fingerprint density at radius 1 is 1.21 bits per heavy atom. The van der Waals surface area contributed by atoms with Gasteiger partial charge < -0.3 is 10.1 Å². The fraction of sp³-hybridized carbons (Fsp3) is 0.647. The Balaban J connectivity index is 2.52. The molecule has 1 N–H and O–H groups in total. The minimum atomic E-state index is -0.0127. The second kappa shape index (κ2) is 8.34. The van der Waals surface area contributed by atoms with Crippen LogP contribution >= 0.6 is 0 Å². The molecule has 0 bridgehead atoms. The average molecular weight is 263 g/mol. The van der Waals surface area contributed by atoms with Crippen LogP contribution in [-0.2, 0) is 11.2 Å². The van der Waals surface area contributed by atoms with Gasteiger partial charge in [0, 0.05) is 7.11 Å². The minimum absolute atomic E-state index is 0.0127. The zero-order valence-electron chi connectivity index (χ0n) is 12.9. The molecule has 1 unspecified atom stereocenters. The molecular weight excluding hydrogens is 234 g/mol. The maximum atomic E-state index is 5.52. The lowest BCUT2D eigenvalue weighted by Crippen LogP contribution is -2.28. The Morgan fingerprint density at radius 3 is 2.47 bits per heavy atom. The van der Waals surface area contributed by atoms with Gasteiger partial charge in [-0.15, -0.1) is 0 Å². The van der Waals surface area contributed by atoms with Crippen molar-refractivity contribution in [2.45, 2.75) is 45.6 Å². The first-order valence-electron chi connectivity index (χ1n) is 7.37. The van der Waals surface area contributed by atoms with E-state index in [1.807, 2.05) is 0 Å². The van der Waals surface area contributed by atoms with E-state index >= 15 is 0 Å². The Hall–Kier alpha value is -0.860. The predicted octanol–water partition coefficient (Wildman–Crippen LogP) is 3.66. The van der Waals surface area contributed by atoms with Gasteiger partial charge in [-0.2, -0.15) is 0 Å². The SMILES string of the molecule is CCNCC(CCC(C)(C)OC)Cc1ccccc1. The van der Waals surface area contributed by atoms with Crippen LogP contribution in [0, 0.1) is 5.92 Å². The maximum absolute atomic E-state index is 5.52. The number of methoxy groups -OCH3 is 1. The van der Waals surface area contributed by atoms with Crippen molar-refractivity contribution in [3.8, 4) is 0 Å². The number of benzene rings is 1. The van der Waals surface area contributed by atoms with Crippen molar-refractivity contribution in [3.05, 3.63) is 35.9 Å². The third-order valence-corrected chi connectivity index (χ3v) is 3.76. The average Bonchev–Trinajstić information content (AvgIpc) is 2.43. The van der Waals surface area contributed by atoms with Gasteiger partial charge in [0.05, 0.1) is 5.60 Å². The van der Waals surface area contributed by atoms with Crippen LogP contribution in [0.25, 0.3) is 0 Å². The summed E-state index contributed by atoms with van der Waals surface area (Å²) in [6, 6.07) is 10.8. The summed E-state index contributed by atoms with van der Waals surface area (Å²) in [5.41, 5.74) is 1.42. The molecule has 19 heavy (non-hydrogen) atoms. The molecule has 1 rings (SSSR count). The van der Waals surface area contributed by atoms with E-state index in [9.17, 15) is 0 Å². The highest BCUT2D eigenvalue weighted by atomic mass is 16.5. The van der Waals surface area contributed by atoms with Gasteiger partial charge >= 0.3 is 0 Å². The van der Waals surface area contributed by atoms with E-state index < -0.39 is 0 Å². The van der Waals surface area contributed by atoms with Gasteiger partial charge in [0.25, 0.3) is 0 Å². The van der Waals surface area contributed by atoms with Crippen LogP contribution in [0.1, 0.15) is 39.2 Å². The number of hydrogen-bond acceptors (Lipinski definition) is 2. The fourth-order valence-electron chi connectivity index (χ4n) is 2.23. The summed E-state index contributed by atoms with van der Waals surface area (Å²) in [6.07, 6.45) is 3.45. The standard InChI is InChI=1S/C17H29NO/c1-5-18-14-16(11-12-17(2,3)19-4)13-15-9-7-6-8-10-15/h6-10,16,18H,5,11-14H2,1-4H3. The van der Waals surface area contributed by atoms with Crippen LogP contribution in [0.5, 0.6) is 0 Å². The topological polar surface area (TPSA) is 21.3 Å². The highest BCUT2D eigenvalue weighted by molar-refractivity contribution is 5.15. The first-order valence-corrected chi connectivity index (χ1v) is 7.37. The van der Waals surface area contributed by atoms with Crippen LogP contribution in [0.2, 0.25) is 0 Å². The molecule has 0 aliphatic heterocycles. The summed E-state index contributed by atoms with van der Waals surface area (Å²) in [6.45, 7) is 8.63. The summed E-state index contributed by atoms with van der Waals surface area (Å²) in [7, 11) is 1.80. The summed E-state index contributed by atoms with van der Waals surface area (Å²) < 4.78 is 5.52. The summed E-state index contributed by atoms with van der Waals surface area (Å²) in [5.74, 6) is 0.678. The molecule has 0 aliphatic carbocycles. The molecule has 0 spiro atoms. The normalized spacial score (nSPS) is 13.5. The lowest BCUT2D eigenvalue weighted by molar-refractivity contribution is 0.0104. The number of hydrogen-bond donors (Lipinski definition) is 1. The Kier molecular flexibility index (Phi) is 7.11. The van der Waals surface area contributed by atoms with Crippen LogP contribution in [-0.4, -0.2) is 25.8 Å². The molecule has 0 fully saturated rings.